The quantitative estimate of drug-likeness (QED) is 0.583. The van der Waals surface area contributed by atoms with E-state index in [1.54, 1.807) is 0 Å². The molecule has 4 saturated carbocycles. The number of rotatable bonds is 5. The van der Waals surface area contributed by atoms with Gasteiger partial charge in [0, 0.05) is 5.88 Å². The Kier molecular flexibility index (Phi) is 3.42. The van der Waals surface area contributed by atoms with Crippen molar-refractivity contribution in [1.82, 2.24) is 0 Å². The van der Waals surface area contributed by atoms with Crippen molar-refractivity contribution < 1.29 is 5.11 Å². The van der Waals surface area contributed by atoms with Crippen LogP contribution in [0.5, 0.6) is 0 Å². The van der Waals surface area contributed by atoms with E-state index in [4.69, 9.17) is 11.6 Å². The predicted octanol–water partition coefficient (Wildman–Crippen LogP) is 3.97. The summed E-state index contributed by atoms with van der Waals surface area (Å²) >= 11 is 5.72. The minimum atomic E-state index is -0.292. The van der Waals surface area contributed by atoms with Gasteiger partial charge in [0.15, 0.2) is 0 Å². The highest BCUT2D eigenvalue weighted by Crippen LogP contribution is 2.59. The van der Waals surface area contributed by atoms with Crippen molar-refractivity contribution in [2.45, 2.75) is 63.4 Å². The molecule has 0 aromatic rings. The number of unbranched alkanes of at least 4 members (excludes halogenated alkanes) is 2. The second-order valence-corrected chi connectivity index (χ2v) is 7.17. The lowest BCUT2D eigenvalue weighted by Gasteiger charge is -2.59. The summed E-state index contributed by atoms with van der Waals surface area (Å²) in [7, 11) is 0. The zero-order chi connectivity index (χ0) is 11.9. The van der Waals surface area contributed by atoms with Crippen molar-refractivity contribution in [3.63, 3.8) is 0 Å². The van der Waals surface area contributed by atoms with Crippen molar-refractivity contribution in [1.29, 1.82) is 0 Å². The summed E-state index contributed by atoms with van der Waals surface area (Å²) < 4.78 is 0. The van der Waals surface area contributed by atoms with E-state index in [0.717, 1.165) is 30.6 Å². The lowest BCUT2D eigenvalue weighted by Crippen LogP contribution is -2.57. The highest BCUT2D eigenvalue weighted by Gasteiger charge is 2.55. The van der Waals surface area contributed by atoms with Crippen LogP contribution in [-0.4, -0.2) is 16.6 Å². The summed E-state index contributed by atoms with van der Waals surface area (Å²) in [6.07, 6.45) is 11.3. The Hall–Kier alpha value is 0.250. The van der Waals surface area contributed by atoms with Crippen molar-refractivity contribution in [2.75, 3.05) is 5.88 Å². The second kappa shape index (κ2) is 4.74. The van der Waals surface area contributed by atoms with Gasteiger partial charge in [-0.3, -0.25) is 0 Å². The topological polar surface area (TPSA) is 20.2 Å². The highest BCUT2D eigenvalue weighted by molar-refractivity contribution is 6.17. The van der Waals surface area contributed by atoms with Crippen LogP contribution < -0.4 is 0 Å². The molecular weight excluding hydrogens is 232 g/mol. The predicted molar refractivity (Wildman–Crippen MR) is 71.2 cm³/mol. The first-order valence-corrected chi connectivity index (χ1v) is 8.04. The number of aliphatic hydroxyl groups is 1. The Bertz CT molecular complexity index is 248. The maximum absolute atomic E-state index is 11.1. The van der Waals surface area contributed by atoms with Crippen molar-refractivity contribution >= 4 is 11.6 Å². The third kappa shape index (κ3) is 2.14. The first-order valence-electron chi connectivity index (χ1n) is 7.50. The van der Waals surface area contributed by atoms with Gasteiger partial charge in [-0.1, -0.05) is 12.8 Å². The van der Waals surface area contributed by atoms with Gasteiger partial charge in [0.25, 0.3) is 0 Å². The van der Waals surface area contributed by atoms with Crippen LogP contribution in [0.2, 0.25) is 0 Å². The molecule has 0 unspecified atom stereocenters. The Balaban J connectivity index is 1.61. The van der Waals surface area contributed by atoms with E-state index < -0.39 is 0 Å². The maximum Gasteiger partial charge on any atom is 0.0704 e. The average molecular weight is 257 g/mol. The van der Waals surface area contributed by atoms with Crippen molar-refractivity contribution in [3.8, 4) is 0 Å². The molecule has 0 aromatic heterocycles. The molecule has 0 heterocycles. The largest absolute Gasteiger partial charge is 0.389 e. The second-order valence-electron chi connectivity index (χ2n) is 6.80. The fourth-order valence-electron chi connectivity index (χ4n) is 5.09. The van der Waals surface area contributed by atoms with E-state index >= 15 is 0 Å². The monoisotopic (exact) mass is 256 g/mol. The molecule has 17 heavy (non-hydrogen) atoms. The van der Waals surface area contributed by atoms with Crippen LogP contribution in [-0.2, 0) is 0 Å². The fourth-order valence-corrected chi connectivity index (χ4v) is 5.28. The summed E-state index contributed by atoms with van der Waals surface area (Å²) in [4.78, 5) is 0. The van der Waals surface area contributed by atoms with Gasteiger partial charge in [0.1, 0.15) is 0 Å². The van der Waals surface area contributed by atoms with Crippen LogP contribution in [0.25, 0.3) is 0 Å². The maximum atomic E-state index is 11.1. The summed E-state index contributed by atoms with van der Waals surface area (Å²) in [5, 5.41) is 11.1. The normalized spacial score (nSPS) is 47.6. The first-order chi connectivity index (χ1) is 8.22. The molecule has 0 aromatic carbocycles. The van der Waals surface area contributed by atoms with Crippen LogP contribution in [0.3, 0.4) is 0 Å². The van der Waals surface area contributed by atoms with E-state index in [9.17, 15) is 5.11 Å². The molecular formula is C15H25ClO. The Morgan fingerprint density at radius 1 is 0.882 bits per heavy atom. The third-order valence-electron chi connectivity index (χ3n) is 5.76. The van der Waals surface area contributed by atoms with Gasteiger partial charge in [-0.25, -0.2) is 0 Å². The van der Waals surface area contributed by atoms with Gasteiger partial charge < -0.3 is 5.11 Å². The van der Waals surface area contributed by atoms with Crippen LogP contribution in [0.15, 0.2) is 0 Å². The standard InChI is InChI=1S/C15H25ClO/c16-5-3-1-2-4-15(17)13-7-11-6-12(9-13)10-14(15)8-11/h11-14,17H,1-10H2. The molecule has 2 heteroatoms. The Labute approximate surface area is 110 Å². The van der Waals surface area contributed by atoms with Gasteiger partial charge >= 0.3 is 0 Å². The number of alkyl halides is 1. The molecule has 1 N–H and O–H groups in total. The Morgan fingerprint density at radius 3 is 2.00 bits per heavy atom. The van der Waals surface area contributed by atoms with E-state index in [1.807, 2.05) is 0 Å². The molecule has 0 aliphatic heterocycles. The number of halogens is 1. The van der Waals surface area contributed by atoms with Gasteiger partial charge in [-0.05, 0) is 68.6 Å². The molecule has 4 rings (SSSR count). The van der Waals surface area contributed by atoms with E-state index in [0.29, 0.717) is 11.8 Å². The van der Waals surface area contributed by atoms with Crippen LogP contribution in [0.4, 0.5) is 0 Å². The van der Waals surface area contributed by atoms with Gasteiger partial charge in [0.05, 0.1) is 5.60 Å². The van der Waals surface area contributed by atoms with Crippen molar-refractivity contribution in [3.05, 3.63) is 0 Å². The molecule has 0 spiro atoms. The van der Waals surface area contributed by atoms with Gasteiger partial charge in [-0.15, -0.1) is 11.6 Å². The highest BCUT2D eigenvalue weighted by atomic mass is 35.5. The van der Waals surface area contributed by atoms with Crippen LogP contribution in [0, 0.1) is 23.7 Å². The molecule has 0 amide bonds. The minimum absolute atomic E-state index is 0.292. The molecule has 98 valence electrons. The smallest absolute Gasteiger partial charge is 0.0704 e. The zero-order valence-electron chi connectivity index (χ0n) is 10.7. The Morgan fingerprint density at radius 2 is 1.47 bits per heavy atom. The third-order valence-corrected chi connectivity index (χ3v) is 6.03. The van der Waals surface area contributed by atoms with E-state index in [1.165, 1.54) is 44.9 Å². The molecule has 0 saturated heterocycles. The number of hydrogen-bond acceptors (Lipinski definition) is 1. The van der Waals surface area contributed by atoms with Gasteiger partial charge in [-0.2, -0.15) is 0 Å². The van der Waals surface area contributed by atoms with E-state index in [2.05, 4.69) is 0 Å². The van der Waals surface area contributed by atoms with E-state index in [-0.39, 0.29) is 5.60 Å². The van der Waals surface area contributed by atoms with Crippen LogP contribution in [0.1, 0.15) is 57.8 Å². The zero-order valence-corrected chi connectivity index (χ0v) is 11.5. The molecule has 4 aliphatic rings. The summed E-state index contributed by atoms with van der Waals surface area (Å²) in [6, 6.07) is 0. The lowest BCUT2D eigenvalue weighted by molar-refractivity contribution is -0.176. The SMILES string of the molecule is OC1(CCCCCCl)C2CC3CC(C2)CC1C3. The lowest BCUT2D eigenvalue weighted by atomic mass is 9.49. The summed E-state index contributed by atoms with van der Waals surface area (Å²) in [5.41, 5.74) is -0.292. The molecule has 0 radical (unpaired) electrons. The van der Waals surface area contributed by atoms with Crippen LogP contribution >= 0.6 is 11.6 Å². The van der Waals surface area contributed by atoms with Gasteiger partial charge in [0.2, 0.25) is 0 Å². The fraction of sp³-hybridized carbons (Fsp3) is 1.00. The molecule has 4 fully saturated rings. The molecule has 4 bridgehead atoms. The van der Waals surface area contributed by atoms with Crippen molar-refractivity contribution in [2.24, 2.45) is 23.7 Å². The summed E-state index contributed by atoms with van der Waals surface area (Å²) in [5.74, 6) is 3.96. The average Bonchev–Trinajstić information content (AvgIpc) is 2.31. The molecule has 4 aliphatic carbocycles. The molecule has 1 nitrogen and oxygen atoms in total. The number of hydrogen-bond donors (Lipinski definition) is 1. The first kappa shape index (κ1) is 12.3. The minimum Gasteiger partial charge on any atom is -0.389 e. The molecule has 0 atom stereocenters. The summed E-state index contributed by atoms with van der Waals surface area (Å²) in [6.45, 7) is 0.